The summed E-state index contributed by atoms with van der Waals surface area (Å²) in [6.07, 6.45) is 1.46. The first-order valence-corrected chi connectivity index (χ1v) is 8.29. The Morgan fingerprint density at radius 1 is 1.21 bits per heavy atom. The number of Topliss-reactive ketones (excluding diaryl/α,β-unsaturated/α-hetero) is 1. The zero-order chi connectivity index (χ0) is 17.3. The van der Waals surface area contributed by atoms with Crippen LogP contribution in [0.25, 0.3) is 11.1 Å². The first kappa shape index (κ1) is 16.4. The van der Waals surface area contributed by atoms with E-state index >= 15 is 0 Å². The molecule has 0 unspecified atom stereocenters. The molecule has 0 fully saturated rings. The van der Waals surface area contributed by atoms with Gasteiger partial charge in [0.15, 0.2) is 5.78 Å². The maximum atomic E-state index is 13.3. The Balaban J connectivity index is 1.98. The highest BCUT2D eigenvalue weighted by Gasteiger charge is 2.23. The van der Waals surface area contributed by atoms with E-state index in [-0.39, 0.29) is 11.6 Å². The van der Waals surface area contributed by atoms with Gasteiger partial charge in [-0.3, -0.25) is 4.79 Å². The van der Waals surface area contributed by atoms with Gasteiger partial charge in [-0.15, -0.1) is 6.58 Å². The lowest BCUT2D eigenvalue weighted by Gasteiger charge is -2.31. The van der Waals surface area contributed by atoms with E-state index in [0.29, 0.717) is 6.42 Å². The quantitative estimate of drug-likeness (QED) is 0.724. The largest absolute Gasteiger partial charge is 0.370 e. The van der Waals surface area contributed by atoms with E-state index < -0.39 is 0 Å². The summed E-state index contributed by atoms with van der Waals surface area (Å²) in [5.74, 6) is -0.0607. The fraction of sp³-hybridized carbons (Fsp3) is 0.286. The van der Waals surface area contributed by atoms with Crippen LogP contribution in [-0.4, -0.2) is 18.9 Å². The van der Waals surface area contributed by atoms with Gasteiger partial charge in [0, 0.05) is 30.8 Å². The van der Waals surface area contributed by atoms with Crippen LogP contribution in [0.2, 0.25) is 0 Å². The van der Waals surface area contributed by atoms with Crippen molar-refractivity contribution in [2.75, 3.05) is 18.0 Å². The second-order valence-corrected chi connectivity index (χ2v) is 6.56. The van der Waals surface area contributed by atoms with Gasteiger partial charge in [-0.25, -0.2) is 4.39 Å². The molecule has 1 heterocycles. The van der Waals surface area contributed by atoms with E-state index in [2.05, 4.69) is 11.5 Å². The van der Waals surface area contributed by atoms with Gasteiger partial charge in [0.25, 0.3) is 0 Å². The summed E-state index contributed by atoms with van der Waals surface area (Å²) in [7, 11) is 0. The van der Waals surface area contributed by atoms with E-state index in [9.17, 15) is 9.18 Å². The number of fused-ring (bicyclic) bond motifs is 1. The summed E-state index contributed by atoms with van der Waals surface area (Å²) >= 11 is 0. The van der Waals surface area contributed by atoms with Crippen LogP contribution in [0.3, 0.4) is 0 Å². The summed E-state index contributed by atoms with van der Waals surface area (Å²) in [4.78, 5) is 14.6. The number of benzene rings is 2. The monoisotopic (exact) mass is 323 g/mol. The van der Waals surface area contributed by atoms with E-state index in [1.807, 2.05) is 32.0 Å². The predicted octanol–water partition coefficient (Wildman–Crippen LogP) is 5.16. The smallest absolute Gasteiger partial charge is 0.166 e. The van der Waals surface area contributed by atoms with Crippen LogP contribution in [0, 0.1) is 12.7 Å². The third kappa shape index (κ3) is 3.25. The number of nitrogens with zero attached hydrogens (tertiary/aromatic N) is 1. The molecular formula is C21H22FNO. The van der Waals surface area contributed by atoms with Gasteiger partial charge in [0.05, 0.1) is 0 Å². The maximum Gasteiger partial charge on any atom is 0.166 e. The van der Waals surface area contributed by atoms with Crippen molar-refractivity contribution in [3.05, 3.63) is 65.5 Å². The van der Waals surface area contributed by atoms with Crippen LogP contribution in [0.15, 0.2) is 48.6 Å². The lowest BCUT2D eigenvalue weighted by molar-refractivity contribution is 0.0980. The van der Waals surface area contributed by atoms with Gasteiger partial charge in [-0.2, -0.15) is 0 Å². The first-order chi connectivity index (χ1) is 11.5. The molecule has 0 aliphatic carbocycles. The van der Waals surface area contributed by atoms with Gasteiger partial charge in [0.1, 0.15) is 5.82 Å². The minimum Gasteiger partial charge on any atom is -0.370 e. The average Bonchev–Trinajstić information content (AvgIpc) is 2.54. The van der Waals surface area contributed by atoms with E-state index in [4.69, 9.17) is 0 Å². The van der Waals surface area contributed by atoms with Crippen LogP contribution in [-0.2, 0) is 0 Å². The maximum absolute atomic E-state index is 13.3. The zero-order valence-corrected chi connectivity index (χ0v) is 14.2. The summed E-state index contributed by atoms with van der Waals surface area (Å²) in [6.45, 7) is 9.51. The van der Waals surface area contributed by atoms with E-state index in [0.717, 1.165) is 53.0 Å². The molecule has 3 rings (SSSR count). The molecular weight excluding hydrogens is 301 g/mol. The third-order valence-corrected chi connectivity index (χ3v) is 4.55. The molecule has 24 heavy (non-hydrogen) atoms. The van der Waals surface area contributed by atoms with Crippen molar-refractivity contribution < 1.29 is 9.18 Å². The van der Waals surface area contributed by atoms with Crippen molar-refractivity contribution in [2.45, 2.75) is 26.7 Å². The molecule has 2 aromatic rings. The molecule has 0 amide bonds. The molecule has 0 radical (unpaired) electrons. The number of carbonyl (C=O) groups is 1. The molecule has 3 heteroatoms. The van der Waals surface area contributed by atoms with Crippen LogP contribution in [0.5, 0.6) is 0 Å². The Morgan fingerprint density at radius 3 is 2.71 bits per heavy atom. The molecule has 0 bridgehead atoms. The number of hydrogen-bond acceptors (Lipinski definition) is 2. The summed E-state index contributed by atoms with van der Waals surface area (Å²) in [5, 5.41) is 0. The molecule has 0 saturated carbocycles. The first-order valence-electron chi connectivity index (χ1n) is 8.29. The van der Waals surface area contributed by atoms with Crippen LogP contribution in [0.1, 0.15) is 35.7 Å². The van der Waals surface area contributed by atoms with E-state index in [1.165, 1.54) is 12.1 Å². The molecule has 0 atom stereocenters. The molecule has 2 aromatic carbocycles. The Kier molecular flexibility index (Phi) is 4.52. The normalized spacial score (nSPS) is 13.8. The lowest BCUT2D eigenvalue weighted by atomic mass is 9.93. The van der Waals surface area contributed by atoms with Crippen molar-refractivity contribution in [1.82, 2.24) is 0 Å². The topological polar surface area (TPSA) is 20.3 Å². The lowest BCUT2D eigenvalue weighted by Crippen LogP contribution is -2.33. The second-order valence-electron chi connectivity index (χ2n) is 6.56. The summed E-state index contributed by atoms with van der Waals surface area (Å²) in [6, 6.07) is 10.7. The average molecular weight is 323 g/mol. The van der Waals surface area contributed by atoms with Gasteiger partial charge in [-0.05, 0) is 61.2 Å². The SMILES string of the molecule is C=C(C)CCN1CCC(=O)c2cc(-c3ccc(F)cc3C)ccc21. The number of ketones is 1. The summed E-state index contributed by atoms with van der Waals surface area (Å²) in [5.41, 5.74) is 5.71. The Labute approximate surface area is 142 Å². The number of halogens is 1. The van der Waals surface area contributed by atoms with Gasteiger partial charge in [0.2, 0.25) is 0 Å². The second kappa shape index (κ2) is 6.60. The number of anilines is 1. The van der Waals surface area contributed by atoms with Crippen molar-refractivity contribution >= 4 is 11.5 Å². The van der Waals surface area contributed by atoms with Crippen LogP contribution >= 0.6 is 0 Å². The molecule has 2 nitrogen and oxygen atoms in total. The van der Waals surface area contributed by atoms with Crippen molar-refractivity contribution in [3.63, 3.8) is 0 Å². The van der Waals surface area contributed by atoms with Gasteiger partial charge >= 0.3 is 0 Å². The fourth-order valence-corrected chi connectivity index (χ4v) is 3.20. The molecule has 0 aromatic heterocycles. The molecule has 0 N–H and O–H groups in total. The Bertz CT molecular complexity index is 809. The zero-order valence-electron chi connectivity index (χ0n) is 14.2. The minimum atomic E-state index is -0.240. The van der Waals surface area contributed by atoms with Crippen molar-refractivity contribution in [3.8, 4) is 11.1 Å². The van der Waals surface area contributed by atoms with Crippen LogP contribution < -0.4 is 4.90 Å². The predicted molar refractivity (Wildman–Crippen MR) is 97.2 cm³/mol. The highest BCUT2D eigenvalue weighted by molar-refractivity contribution is 6.04. The standard InChI is InChI=1S/C21H22FNO/c1-14(2)8-10-23-11-9-21(24)19-13-16(4-7-20(19)23)18-6-5-17(22)12-15(18)3/h4-7,12-13H,1,8-11H2,2-3H3. The number of carbonyl (C=O) groups excluding carboxylic acids is 1. The van der Waals surface area contributed by atoms with E-state index in [1.54, 1.807) is 6.07 Å². The highest BCUT2D eigenvalue weighted by Crippen LogP contribution is 2.33. The third-order valence-electron chi connectivity index (χ3n) is 4.55. The van der Waals surface area contributed by atoms with Gasteiger partial charge < -0.3 is 4.90 Å². The van der Waals surface area contributed by atoms with Crippen molar-refractivity contribution in [1.29, 1.82) is 0 Å². The number of rotatable bonds is 4. The molecule has 1 aliphatic rings. The van der Waals surface area contributed by atoms with Crippen molar-refractivity contribution in [2.24, 2.45) is 0 Å². The minimum absolute atomic E-state index is 0.179. The van der Waals surface area contributed by atoms with Crippen LogP contribution in [0.4, 0.5) is 10.1 Å². The molecule has 0 spiro atoms. The molecule has 1 aliphatic heterocycles. The number of aryl methyl sites for hydroxylation is 1. The van der Waals surface area contributed by atoms with Gasteiger partial charge in [-0.1, -0.05) is 17.7 Å². The molecule has 124 valence electrons. The summed E-state index contributed by atoms with van der Waals surface area (Å²) < 4.78 is 13.3. The Hall–Kier alpha value is -2.42. The number of hydrogen-bond donors (Lipinski definition) is 0. The highest BCUT2D eigenvalue weighted by atomic mass is 19.1. The fourth-order valence-electron chi connectivity index (χ4n) is 3.20. The molecule has 0 saturated heterocycles. The Morgan fingerprint density at radius 2 is 2.00 bits per heavy atom.